The Balaban J connectivity index is 1.61. The number of sulfonamides is 1. The second kappa shape index (κ2) is 8.30. The third-order valence-electron chi connectivity index (χ3n) is 5.51. The lowest BCUT2D eigenvalue weighted by Crippen LogP contribution is -2.33. The van der Waals surface area contributed by atoms with Crippen LogP contribution < -0.4 is 9.18 Å². The van der Waals surface area contributed by atoms with Crippen LogP contribution in [0.1, 0.15) is 19.3 Å². The molecule has 0 bridgehead atoms. The van der Waals surface area contributed by atoms with Gasteiger partial charge in [-0.2, -0.15) is 0 Å². The number of anilines is 1. The van der Waals surface area contributed by atoms with Crippen LogP contribution in [0.15, 0.2) is 58.2 Å². The molecule has 1 saturated heterocycles. The van der Waals surface area contributed by atoms with Gasteiger partial charge in [-0.3, -0.25) is 13.7 Å². The number of piperidine rings is 1. The van der Waals surface area contributed by atoms with E-state index in [1.54, 1.807) is 54.1 Å². The van der Waals surface area contributed by atoms with Gasteiger partial charge in [-0.15, -0.1) is 0 Å². The molecule has 0 amide bonds. The van der Waals surface area contributed by atoms with Crippen LogP contribution in [-0.4, -0.2) is 44.6 Å². The number of thiazole rings is 1. The number of para-hydroxylation sites is 1. The van der Waals surface area contributed by atoms with Crippen molar-refractivity contribution in [2.45, 2.75) is 30.7 Å². The van der Waals surface area contributed by atoms with E-state index in [4.69, 9.17) is 0 Å². The molecule has 6 nitrogen and oxygen atoms in total. The molecule has 3 aromatic rings. The number of rotatable bonds is 6. The minimum Gasteiger partial charge on any atom is -0.302 e. The Morgan fingerprint density at radius 1 is 1.00 bits per heavy atom. The van der Waals surface area contributed by atoms with E-state index in [1.165, 1.54) is 23.6 Å². The standard InChI is InChI=1S/C21H25N3O3S2/c1-22(17-8-4-2-5-9-17)29(26,27)18-10-11-19-20(16-18)28-21(25)24(19)15-14-23-12-6-3-7-13-23/h2,4-5,8-11,16H,3,6-7,12-15H2,1H3. The largest absolute Gasteiger partial charge is 0.308 e. The van der Waals surface area contributed by atoms with Gasteiger partial charge in [-0.05, 0) is 56.3 Å². The molecule has 29 heavy (non-hydrogen) atoms. The predicted molar refractivity (Wildman–Crippen MR) is 118 cm³/mol. The summed E-state index contributed by atoms with van der Waals surface area (Å²) in [5.41, 5.74) is 1.40. The van der Waals surface area contributed by atoms with Crippen LogP contribution in [0.2, 0.25) is 0 Å². The van der Waals surface area contributed by atoms with Crippen LogP contribution in [0.25, 0.3) is 10.2 Å². The zero-order valence-corrected chi connectivity index (χ0v) is 18.1. The summed E-state index contributed by atoms with van der Waals surface area (Å²) in [4.78, 5) is 15.1. The van der Waals surface area contributed by atoms with Crippen LogP contribution in [0.3, 0.4) is 0 Å². The van der Waals surface area contributed by atoms with Gasteiger partial charge < -0.3 is 4.90 Å². The Morgan fingerprint density at radius 3 is 2.45 bits per heavy atom. The van der Waals surface area contributed by atoms with E-state index in [0.29, 0.717) is 16.9 Å². The van der Waals surface area contributed by atoms with Crippen molar-refractivity contribution in [3.63, 3.8) is 0 Å². The highest BCUT2D eigenvalue weighted by Crippen LogP contribution is 2.26. The average Bonchev–Trinajstić information content (AvgIpc) is 3.07. The summed E-state index contributed by atoms with van der Waals surface area (Å²) in [5, 5.41) is 0. The molecule has 0 aliphatic carbocycles. The van der Waals surface area contributed by atoms with Gasteiger partial charge in [0, 0.05) is 20.1 Å². The number of hydrogen-bond donors (Lipinski definition) is 0. The highest BCUT2D eigenvalue weighted by atomic mass is 32.2. The zero-order valence-electron chi connectivity index (χ0n) is 16.5. The molecule has 4 rings (SSSR count). The van der Waals surface area contributed by atoms with Crippen LogP contribution in [0.5, 0.6) is 0 Å². The third-order valence-corrected chi connectivity index (χ3v) is 8.23. The van der Waals surface area contributed by atoms with E-state index in [2.05, 4.69) is 4.90 Å². The third kappa shape index (κ3) is 4.10. The molecule has 154 valence electrons. The fraction of sp³-hybridized carbons (Fsp3) is 0.381. The average molecular weight is 432 g/mol. The second-order valence-electron chi connectivity index (χ2n) is 7.36. The van der Waals surface area contributed by atoms with Crippen LogP contribution in [0.4, 0.5) is 5.69 Å². The Labute approximate surface area is 175 Å². The summed E-state index contributed by atoms with van der Waals surface area (Å²) in [6, 6.07) is 13.9. The molecule has 2 aromatic carbocycles. The lowest BCUT2D eigenvalue weighted by molar-refractivity contribution is 0.221. The van der Waals surface area contributed by atoms with Gasteiger partial charge >= 0.3 is 4.87 Å². The Hall–Kier alpha value is -2.16. The molecule has 0 radical (unpaired) electrons. The molecule has 0 saturated carbocycles. The molecule has 1 fully saturated rings. The number of aromatic nitrogens is 1. The van der Waals surface area contributed by atoms with Crippen molar-refractivity contribution in [1.82, 2.24) is 9.47 Å². The molecule has 0 atom stereocenters. The van der Waals surface area contributed by atoms with E-state index in [-0.39, 0.29) is 9.77 Å². The molecular formula is C21H25N3O3S2. The van der Waals surface area contributed by atoms with E-state index < -0.39 is 10.0 Å². The summed E-state index contributed by atoms with van der Waals surface area (Å²) < 4.78 is 29.8. The molecule has 1 aliphatic rings. The summed E-state index contributed by atoms with van der Waals surface area (Å²) in [6.07, 6.45) is 3.72. The van der Waals surface area contributed by atoms with E-state index in [0.717, 1.165) is 36.5 Å². The zero-order chi connectivity index (χ0) is 20.4. The van der Waals surface area contributed by atoms with Gasteiger partial charge in [-0.25, -0.2) is 8.42 Å². The van der Waals surface area contributed by atoms with Crippen LogP contribution >= 0.6 is 11.3 Å². The van der Waals surface area contributed by atoms with Gasteiger partial charge in [0.25, 0.3) is 10.0 Å². The molecule has 0 spiro atoms. The fourth-order valence-corrected chi connectivity index (χ4v) is 6.03. The monoisotopic (exact) mass is 431 g/mol. The maximum atomic E-state index is 13.0. The highest BCUT2D eigenvalue weighted by Gasteiger charge is 2.22. The molecule has 1 aromatic heterocycles. The number of benzene rings is 2. The van der Waals surface area contributed by atoms with Crippen molar-refractivity contribution < 1.29 is 8.42 Å². The molecule has 8 heteroatoms. The molecular weight excluding hydrogens is 406 g/mol. The summed E-state index contributed by atoms with van der Waals surface area (Å²) >= 11 is 1.11. The summed E-state index contributed by atoms with van der Waals surface area (Å²) in [6.45, 7) is 3.66. The molecule has 0 unspecified atom stereocenters. The van der Waals surface area contributed by atoms with Crippen LogP contribution in [-0.2, 0) is 16.6 Å². The Kier molecular flexibility index (Phi) is 5.76. The van der Waals surface area contributed by atoms with Gasteiger partial charge in [0.05, 0.1) is 20.8 Å². The molecule has 0 N–H and O–H groups in total. The fourth-order valence-electron chi connectivity index (χ4n) is 3.78. The van der Waals surface area contributed by atoms with Crippen molar-refractivity contribution in [1.29, 1.82) is 0 Å². The van der Waals surface area contributed by atoms with Gasteiger partial charge in [-0.1, -0.05) is 36.0 Å². The van der Waals surface area contributed by atoms with Crippen LogP contribution in [0, 0.1) is 0 Å². The number of nitrogens with zero attached hydrogens (tertiary/aromatic N) is 3. The summed E-state index contributed by atoms with van der Waals surface area (Å²) in [5.74, 6) is 0. The quantitative estimate of drug-likeness (QED) is 0.600. The SMILES string of the molecule is CN(c1ccccc1)S(=O)(=O)c1ccc2c(c1)sc(=O)n2CCN1CCCCC1. The maximum Gasteiger partial charge on any atom is 0.308 e. The minimum absolute atomic E-state index is 0.0389. The summed E-state index contributed by atoms with van der Waals surface area (Å²) in [7, 11) is -2.15. The number of likely N-dealkylation sites (tertiary alicyclic amines) is 1. The van der Waals surface area contributed by atoms with Crippen molar-refractivity contribution in [3.8, 4) is 0 Å². The first-order valence-electron chi connectivity index (χ1n) is 9.86. The molecule has 1 aliphatic heterocycles. The maximum absolute atomic E-state index is 13.0. The van der Waals surface area contributed by atoms with Crippen molar-refractivity contribution >= 4 is 37.3 Å². The van der Waals surface area contributed by atoms with E-state index >= 15 is 0 Å². The number of fused-ring (bicyclic) bond motifs is 1. The first kappa shape index (κ1) is 20.1. The lowest BCUT2D eigenvalue weighted by Gasteiger charge is -2.26. The Morgan fingerprint density at radius 2 is 1.72 bits per heavy atom. The van der Waals surface area contributed by atoms with E-state index in [1.807, 2.05) is 6.07 Å². The first-order valence-corrected chi connectivity index (χ1v) is 12.1. The van der Waals surface area contributed by atoms with Crippen molar-refractivity contribution in [3.05, 3.63) is 58.2 Å². The highest BCUT2D eigenvalue weighted by molar-refractivity contribution is 7.92. The normalized spacial score (nSPS) is 15.6. The van der Waals surface area contributed by atoms with Gasteiger partial charge in [0.1, 0.15) is 0 Å². The molecule has 2 heterocycles. The van der Waals surface area contributed by atoms with Crippen molar-refractivity contribution in [2.75, 3.05) is 31.0 Å². The Bertz CT molecular complexity index is 1150. The predicted octanol–water partition coefficient (Wildman–Crippen LogP) is 3.37. The minimum atomic E-state index is -3.70. The van der Waals surface area contributed by atoms with Gasteiger partial charge in [0.2, 0.25) is 0 Å². The smallest absolute Gasteiger partial charge is 0.302 e. The lowest BCUT2D eigenvalue weighted by atomic mass is 10.1. The number of hydrogen-bond acceptors (Lipinski definition) is 5. The van der Waals surface area contributed by atoms with E-state index in [9.17, 15) is 13.2 Å². The van der Waals surface area contributed by atoms with Gasteiger partial charge in [0.15, 0.2) is 0 Å². The second-order valence-corrected chi connectivity index (χ2v) is 10.3. The van der Waals surface area contributed by atoms with Crippen molar-refractivity contribution in [2.24, 2.45) is 0 Å². The topological polar surface area (TPSA) is 62.6 Å². The first-order chi connectivity index (χ1) is 14.0.